The van der Waals surface area contributed by atoms with Gasteiger partial charge in [-0.1, -0.05) is 0 Å². The van der Waals surface area contributed by atoms with Crippen molar-refractivity contribution in [3.05, 3.63) is 0 Å². The Morgan fingerprint density at radius 1 is 1.21 bits per heavy atom. The number of piperidine rings is 1. The summed E-state index contributed by atoms with van der Waals surface area (Å²) < 4.78 is 24.5. The summed E-state index contributed by atoms with van der Waals surface area (Å²) in [6.45, 7) is 7.78. The van der Waals surface area contributed by atoms with E-state index in [2.05, 4.69) is 20.9 Å². The van der Waals surface area contributed by atoms with Gasteiger partial charge in [-0.3, -0.25) is 9.79 Å². The van der Waals surface area contributed by atoms with Crippen molar-refractivity contribution in [3.63, 3.8) is 0 Å². The molecule has 0 unspecified atom stereocenters. The van der Waals surface area contributed by atoms with Crippen LogP contribution >= 0.6 is 0 Å². The van der Waals surface area contributed by atoms with Crippen molar-refractivity contribution >= 4 is 21.9 Å². The minimum absolute atomic E-state index is 0.0908. The van der Waals surface area contributed by atoms with Crippen molar-refractivity contribution in [2.45, 2.75) is 39.2 Å². The Morgan fingerprint density at radius 2 is 1.79 bits per heavy atom. The Balaban J connectivity index is 2.32. The number of aliphatic imine (C=N–C) groups is 1. The largest absolute Gasteiger partial charge is 0.356 e. The van der Waals surface area contributed by atoms with Crippen LogP contribution in [0.15, 0.2) is 4.99 Å². The van der Waals surface area contributed by atoms with Crippen LogP contribution in [-0.4, -0.2) is 69.6 Å². The van der Waals surface area contributed by atoms with Gasteiger partial charge in [-0.05, 0) is 39.5 Å². The fourth-order valence-electron chi connectivity index (χ4n) is 2.53. The van der Waals surface area contributed by atoms with E-state index in [0.29, 0.717) is 31.5 Å². The third-order valence-corrected chi connectivity index (χ3v) is 5.06. The summed E-state index contributed by atoms with van der Waals surface area (Å²) in [6.07, 6.45) is 2.89. The first kappa shape index (κ1) is 20.7. The van der Waals surface area contributed by atoms with Gasteiger partial charge in [-0.15, -0.1) is 0 Å². The van der Waals surface area contributed by atoms with Crippen molar-refractivity contribution in [2.24, 2.45) is 10.9 Å². The molecule has 3 N–H and O–H groups in total. The zero-order valence-corrected chi connectivity index (χ0v) is 16.2. The van der Waals surface area contributed by atoms with E-state index < -0.39 is 10.0 Å². The monoisotopic (exact) mass is 361 g/mol. The predicted molar refractivity (Wildman–Crippen MR) is 96.4 cm³/mol. The standard InChI is InChI=1S/C15H31N5O3S/c1-15(2,3)19-13(21)11-18-14(16-4)17-10-12-6-8-20(9-7-12)24(5,22)23/h12H,6-11H2,1-5H3,(H,19,21)(H2,16,17,18). The average molecular weight is 362 g/mol. The number of guanidine groups is 1. The molecule has 1 amide bonds. The maximum absolute atomic E-state index is 11.8. The van der Waals surface area contributed by atoms with Crippen molar-refractivity contribution in [3.8, 4) is 0 Å². The molecule has 1 fully saturated rings. The minimum Gasteiger partial charge on any atom is -0.356 e. The molecule has 140 valence electrons. The Bertz CT molecular complexity index is 546. The van der Waals surface area contributed by atoms with Crippen LogP contribution in [0.2, 0.25) is 0 Å². The molecule has 0 bridgehead atoms. The number of nitrogens with one attached hydrogen (secondary N) is 3. The first-order chi connectivity index (χ1) is 11.0. The van der Waals surface area contributed by atoms with Crippen LogP contribution in [0.4, 0.5) is 0 Å². The van der Waals surface area contributed by atoms with Crippen molar-refractivity contribution in [1.82, 2.24) is 20.3 Å². The van der Waals surface area contributed by atoms with E-state index in [1.807, 2.05) is 20.8 Å². The van der Waals surface area contributed by atoms with Crippen LogP contribution in [0.3, 0.4) is 0 Å². The highest BCUT2D eigenvalue weighted by molar-refractivity contribution is 7.88. The minimum atomic E-state index is -3.09. The van der Waals surface area contributed by atoms with E-state index in [1.54, 1.807) is 7.05 Å². The SMILES string of the molecule is CN=C(NCC(=O)NC(C)(C)C)NCC1CCN(S(C)(=O)=O)CC1. The molecule has 0 aromatic rings. The average Bonchev–Trinajstić information content (AvgIpc) is 2.45. The Morgan fingerprint density at radius 3 is 2.25 bits per heavy atom. The van der Waals surface area contributed by atoms with Crippen molar-refractivity contribution in [1.29, 1.82) is 0 Å². The highest BCUT2D eigenvalue weighted by Gasteiger charge is 2.24. The van der Waals surface area contributed by atoms with Crippen molar-refractivity contribution < 1.29 is 13.2 Å². The zero-order chi connectivity index (χ0) is 18.4. The maximum atomic E-state index is 11.8. The molecule has 1 aliphatic heterocycles. The lowest BCUT2D eigenvalue weighted by Crippen LogP contribution is -2.49. The van der Waals surface area contributed by atoms with E-state index in [9.17, 15) is 13.2 Å². The van der Waals surface area contributed by atoms with E-state index in [0.717, 1.165) is 12.8 Å². The second kappa shape index (κ2) is 8.66. The summed E-state index contributed by atoms with van der Waals surface area (Å²) in [5.41, 5.74) is -0.261. The van der Waals surface area contributed by atoms with Crippen molar-refractivity contribution in [2.75, 3.05) is 39.5 Å². The fraction of sp³-hybridized carbons (Fsp3) is 0.867. The summed E-state index contributed by atoms with van der Waals surface area (Å²) in [4.78, 5) is 15.9. The molecule has 0 radical (unpaired) electrons. The Labute approximate surface area is 145 Å². The van der Waals surface area contributed by atoms with Gasteiger partial charge in [0.05, 0.1) is 12.8 Å². The summed E-state index contributed by atoms with van der Waals surface area (Å²) >= 11 is 0. The van der Waals surface area contributed by atoms with E-state index in [-0.39, 0.29) is 18.0 Å². The molecule has 0 atom stereocenters. The normalized spacial score (nSPS) is 18.3. The number of carbonyl (C=O) groups is 1. The smallest absolute Gasteiger partial charge is 0.239 e. The molecule has 9 heteroatoms. The molecule has 0 spiro atoms. The number of hydrogen-bond donors (Lipinski definition) is 3. The highest BCUT2D eigenvalue weighted by Crippen LogP contribution is 2.18. The highest BCUT2D eigenvalue weighted by atomic mass is 32.2. The lowest BCUT2D eigenvalue weighted by atomic mass is 9.98. The van der Waals surface area contributed by atoms with Gasteiger partial charge < -0.3 is 16.0 Å². The first-order valence-electron chi connectivity index (χ1n) is 8.22. The molecule has 0 aromatic heterocycles. The summed E-state index contributed by atoms with van der Waals surface area (Å²) in [7, 11) is -1.43. The Hall–Kier alpha value is -1.35. The first-order valence-corrected chi connectivity index (χ1v) is 10.1. The zero-order valence-electron chi connectivity index (χ0n) is 15.3. The van der Waals surface area contributed by atoms with Crippen LogP contribution in [0.25, 0.3) is 0 Å². The van der Waals surface area contributed by atoms with Crippen LogP contribution in [0.1, 0.15) is 33.6 Å². The second-order valence-corrected chi connectivity index (χ2v) is 9.19. The fourth-order valence-corrected chi connectivity index (χ4v) is 3.41. The van der Waals surface area contributed by atoms with Gasteiger partial charge in [0.15, 0.2) is 5.96 Å². The number of sulfonamides is 1. The van der Waals surface area contributed by atoms with Gasteiger partial charge in [-0.25, -0.2) is 12.7 Å². The lowest BCUT2D eigenvalue weighted by Gasteiger charge is -2.30. The maximum Gasteiger partial charge on any atom is 0.239 e. The van der Waals surface area contributed by atoms with E-state index in [1.165, 1.54) is 10.6 Å². The summed E-state index contributed by atoms with van der Waals surface area (Å²) in [5, 5.41) is 9.06. The molecule has 1 saturated heterocycles. The molecular weight excluding hydrogens is 330 g/mol. The van der Waals surface area contributed by atoms with Gasteiger partial charge in [0, 0.05) is 32.2 Å². The third kappa shape index (κ3) is 7.96. The molecule has 1 heterocycles. The van der Waals surface area contributed by atoms with Crippen LogP contribution < -0.4 is 16.0 Å². The van der Waals surface area contributed by atoms with E-state index in [4.69, 9.17) is 0 Å². The lowest BCUT2D eigenvalue weighted by molar-refractivity contribution is -0.121. The molecule has 24 heavy (non-hydrogen) atoms. The summed E-state index contributed by atoms with van der Waals surface area (Å²) in [6, 6.07) is 0. The van der Waals surface area contributed by atoms with Crippen LogP contribution in [-0.2, 0) is 14.8 Å². The molecule has 8 nitrogen and oxygen atoms in total. The topological polar surface area (TPSA) is 103 Å². The van der Waals surface area contributed by atoms with Crippen LogP contribution in [0, 0.1) is 5.92 Å². The van der Waals surface area contributed by atoms with Gasteiger partial charge in [0.1, 0.15) is 0 Å². The predicted octanol–water partition coefficient (Wildman–Crippen LogP) is -0.262. The molecule has 0 aliphatic carbocycles. The van der Waals surface area contributed by atoms with Gasteiger partial charge in [0.25, 0.3) is 0 Å². The van der Waals surface area contributed by atoms with E-state index >= 15 is 0 Å². The molecular formula is C15H31N5O3S. The number of rotatable bonds is 5. The third-order valence-electron chi connectivity index (χ3n) is 3.76. The molecule has 0 aromatic carbocycles. The number of amides is 1. The summed E-state index contributed by atoms with van der Waals surface area (Å²) in [5.74, 6) is 0.876. The van der Waals surface area contributed by atoms with Crippen LogP contribution in [0.5, 0.6) is 0 Å². The number of nitrogens with zero attached hydrogens (tertiary/aromatic N) is 2. The molecule has 1 aliphatic rings. The quantitative estimate of drug-likeness (QED) is 0.462. The number of carbonyl (C=O) groups excluding carboxylic acids is 1. The molecule has 0 saturated carbocycles. The number of hydrogen-bond acceptors (Lipinski definition) is 4. The van der Waals surface area contributed by atoms with Gasteiger partial charge >= 0.3 is 0 Å². The second-order valence-electron chi connectivity index (χ2n) is 7.21. The molecule has 1 rings (SSSR count). The van der Waals surface area contributed by atoms with Gasteiger partial charge in [-0.2, -0.15) is 0 Å². The Kier molecular flexibility index (Phi) is 7.47. The van der Waals surface area contributed by atoms with Gasteiger partial charge in [0.2, 0.25) is 15.9 Å².